The summed E-state index contributed by atoms with van der Waals surface area (Å²) < 4.78 is 13.6. The number of hydrogen-bond donors (Lipinski definition) is 1. The van der Waals surface area contributed by atoms with E-state index in [1.54, 1.807) is 19.1 Å². The van der Waals surface area contributed by atoms with Gasteiger partial charge in [-0.3, -0.25) is 4.79 Å². The molecule has 0 saturated carbocycles. The molecule has 0 saturated heterocycles. The summed E-state index contributed by atoms with van der Waals surface area (Å²) in [6, 6.07) is 4.76. The zero-order valence-electron chi connectivity index (χ0n) is 10.3. The van der Waals surface area contributed by atoms with Gasteiger partial charge in [0.1, 0.15) is 5.82 Å². The molecule has 0 heterocycles. The second-order valence-electron chi connectivity index (χ2n) is 4.41. The first-order chi connectivity index (χ1) is 7.93. The number of rotatable bonds is 4. The van der Waals surface area contributed by atoms with Crippen LogP contribution in [-0.2, 0) is 0 Å². The third kappa shape index (κ3) is 3.70. The summed E-state index contributed by atoms with van der Waals surface area (Å²) in [7, 11) is 0. The molecule has 0 aromatic heterocycles. The van der Waals surface area contributed by atoms with E-state index in [2.05, 4.69) is 5.32 Å². The lowest BCUT2D eigenvalue weighted by Gasteiger charge is -2.14. The molecule has 1 N–H and O–H groups in total. The Balaban J connectivity index is 2.68. The van der Waals surface area contributed by atoms with Crippen molar-refractivity contribution in [2.24, 2.45) is 5.92 Å². The van der Waals surface area contributed by atoms with Gasteiger partial charge < -0.3 is 5.32 Å². The fraction of sp³-hybridized carbons (Fsp3) is 0.462. The summed E-state index contributed by atoms with van der Waals surface area (Å²) in [5, 5.41) is 2.49. The van der Waals surface area contributed by atoms with Gasteiger partial charge in [0.25, 0.3) is 5.91 Å². The number of nitrogens with one attached hydrogen (secondary N) is 1. The van der Waals surface area contributed by atoms with Crippen molar-refractivity contribution in [2.75, 3.05) is 6.54 Å². The smallest absolute Gasteiger partial charge is 0.254 e. The van der Waals surface area contributed by atoms with Crippen molar-refractivity contribution in [3.63, 3.8) is 0 Å². The van der Waals surface area contributed by atoms with Gasteiger partial charge in [0.15, 0.2) is 0 Å². The summed E-state index contributed by atoms with van der Waals surface area (Å²) in [5.74, 6) is -0.627. The Morgan fingerprint density at radius 3 is 2.71 bits per heavy atom. The number of amides is 1. The van der Waals surface area contributed by atoms with Gasteiger partial charge in [-0.05, 0) is 24.5 Å². The molecule has 1 aromatic carbocycles. The maximum absolute atomic E-state index is 13.6. The third-order valence-electron chi connectivity index (χ3n) is 2.62. The van der Waals surface area contributed by atoms with Crippen molar-refractivity contribution in [2.45, 2.75) is 26.1 Å². The van der Waals surface area contributed by atoms with Crippen LogP contribution < -0.4 is 5.32 Å². The number of benzene rings is 1. The molecular formula is C13H17ClFNO. The standard InChI is InChI=1S/C13H17ClFNO/c1-8(2)11(14)7-16-13(17)10-6-4-5-9(3)12(10)15/h4-6,8,11H,7H2,1-3H3,(H,16,17). The van der Waals surface area contributed by atoms with Crippen molar-refractivity contribution in [3.8, 4) is 0 Å². The van der Waals surface area contributed by atoms with E-state index in [4.69, 9.17) is 11.6 Å². The van der Waals surface area contributed by atoms with Gasteiger partial charge >= 0.3 is 0 Å². The second-order valence-corrected chi connectivity index (χ2v) is 4.97. The van der Waals surface area contributed by atoms with Crippen LogP contribution in [0.3, 0.4) is 0 Å². The van der Waals surface area contributed by atoms with Crippen LogP contribution in [0.25, 0.3) is 0 Å². The number of aryl methyl sites for hydroxylation is 1. The van der Waals surface area contributed by atoms with Crippen LogP contribution >= 0.6 is 11.6 Å². The molecule has 0 aliphatic rings. The van der Waals surface area contributed by atoms with Crippen LogP contribution in [0.4, 0.5) is 4.39 Å². The molecule has 0 fully saturated rings. The highest BCUT2D eigenvalue weighted by Crippen LogP contribution is 2.12. The van der Waals surface area contributed by atoms with Crippen molar-refractivity contribution in [3.05, 3.63) is 35.1 Å². The van der Waals surface area contributed by atoms with Gasteiger partial charge in [-0.1, -0.05) is 26.0 Å². The average molecular weight is 258 g/mol. The molecule has 17 heavy (non-hydrogen) atoms. The highest BCUT2D eigenvalue weighted by atomic mass is 35.5. The van der Waals surface area contributed by atoms with Crippen molar-refractivity contribution in [1.29, 1.82) is 0 Å². The van der Waals surface area contributed by atoms with Gasteiger partial charge in [0, 0.05) is 6.54 Å². The predicted octanol–water partition coefficient (Wildman–Crippen LogP) is 3.13. The van der Waals surface area contributed by atoms with Crippen molar-refractivity contribution >= 4 is 17.5 Å². The maximum atomic E-state index is 13.6. The van der Waals surface area contributed by atoms with E-state index in [-0.39, 0.29) is 16.9 Å². The molecule has 0 radical (unpaired) electrons. The Labute approximate surface area is 106 Å². The van der Waals surface area contributed by atoms with Crippen LogP contribution in [0.2, 0.25) is 0 Å². The highest BCUT2D eigenvalue weighted by molar-refractivity contribution is 6.21. The van der Waals surface area contributed by atoms with E-state index < -0.39 is 11.7 Å². The molecule has 1 unspecified atom stereocenters. The molecule has 1 aromatic rings. The summed E-state index contributed by atoms with van der Waals surface area (Å²) in [4.78, 5) is 11.7. The first-order valence-corrected chi connectivity index (χ1v) is 6.04. The van der Waals surface area contributed by atoms with E-state index in [0.717, 1.165) is 0 Å². The van der Waals surface area contributed by atoms with Crippen LogP contribution in [-0.4, -0.2) is 17.8 Å². The predicted molar refractivity (Wildman–Crippen MR) is 67.9 cm³/mol. The van der Waals surface area contributed by atoms with Crippen molar-refractivity contribution in [1.82, 2.24) is 5.32 Å². The molecule has 0 aliphatic carbocycles. The Bertz CT molecular complexity index is 406. The van der Waals surface area contributed by atoms with Crippen molar-refractivity contribution < 1.29 is 9.18 Å². The van der Waals surface area contributed by atoms with Gasteiger partial charge in [-0.2, -0.15) is 0 Å². The van der Waals surface area contributed by atoms with Crippen LogP contribution in [0, 0.1) is 18.7 Å². The number of halogens is 2. The minimum Gasteiger partial charge on any atom is -0.350 e. The van der Waals surface area contributed by atoms with Gasteiger partial charge in [0.05, 0.1) is 10.9 Å². The molecule has 94 valence electrons. The van der Waals surface area contributed by atoms with Gasteiger partial charge in [-0.25, -0.2) is 4.39 Å². The Morgan fingerprint density at radius 2 is 2.12 bits per heavy atom. The molecule has 4 heteroatoms. The van der Waals surface area contributed by atoms with Gasteiger partial charge in [-0.15, -0.1) is 11.6 Å². The minimum absolute atomic E-state index is 0.0672. The number of hydrogen-bond acceptors (Lipinski definition) is 1. The average Bonchev–Trinajstić information content (AvgIpc) is 2.29. The molecule has 0 aliphatic heterocycles. The fourth-order valence-electron chi connectivity index (χ4n) is 1.34. The normalized spacial score (nSPS) is 12.6. The summed E-state index contributed by atoms with van der Waals surface area (Å²) >= 11 is 6.01. The molecule has 0 spiro atoms. The topological polar surface area (TPSA) is 29.1 Å². The fourth-order valence-corrected chi connectivity index (χ4v) is 1.42. The van der Waals surface area contributed by atoms with E-state index in [1.165, 1.54) is 6.07 Å². The quantitative estimate of drug-likeness (QED) is 0.825. The van der Waals surface area contributed by atoms with E-state index in [0.29, 0.717) is 12.1 Å². The second kappa shape index (κ2) is 6.01. The lowest BCUT2D eigenvalue weighted by atomic mass is 10.1. The molecule has 0 bridgehead atoms. The zero-order valence-corrected chi connectivity index (χ0v) is 11.0. The maximum Gasteiger partial charge on any atom is 0.254 e. The highest BCUT2D eigenvalue weighted by Gasteiger charge is 2.15. The van der Waals surface area contributed by atoms with Crippen LogP contribution in [0.15, 0.2) is 18.2 Å². The summed E-state index contributed by atoms with van der Waals surface area (Å²) in [6.07, 6.45) is 0. The zero-order chi connectivity index (χ0) is 13.0. The molecule has 1 atom stereocenters. The third-order valence-corrected chi connectivity index (χ3v) is 3.28. The Morgan fingerprint density at radius 1 is 1.47 bits per heavy atom. The molecule has 1 rings (SSSR count). The number of carbonyl (C=O) groups is 1. The first kappa shape index (κ1) is 14.0. The Hall–Kier alpha value is -1.09. The lowest BCUT2D eigenvalue weighted by Crippen LogP contribution is -2.32. The monoisotopic (exact) mass is 257 g/mol. The summed E-state index contributed by atoms with van der Waals surface area (Å²) in [5.41, 5.74) is 0.529. The number of alkyl halides is 1. The molecule has 2 nitrogen and oxygen atoms in total. The number of carbonyl (C=O) groups excluding carboxylic acids is 1. The van der Waals surface area contributed by atoms with Gasteiger partial charge in [0.2, 0.25) is 0 Å². The minimum atomic E-state index is -0.472. The Kier molecular flexibility index (Phi) is 4.94. The van der Waals surface area contributed by atoms with Crippen LogP contribution in [0.5, 0.6) is 0 Å². The SMILES string of the molecule is Cc1cccc(C(=O)NCC(Cl)C(C)C)c1F. The van der Waals surface area contributed by atoms with E-state index in [9.17, 15) is 9.18 Å². The molecule has 1 amide bonds. The summed E-state index contributed by atoms with van der Waals surface area (Å²) in [6.45, 7) is 5.91. The molecular weight excluding hydrogens is 241 g/mol. The van der Waals surface area contributed by atoms with Crippen LogP contribution in [0.1, 0.15) is 29.8 Å². The van der Waals surface area contributed by atoms with E-state index >= 15 is 0 Å². The lowest BCUT2D eigenvalue weighted by molar-refractivity contribution is 0.0948. The van der Waals surface area contributed by atoms with E-state index in [1.807, 2.05) is 13.8 Å². The largest absolute Gasteiger partial charge is 0.350 e. The first-order valence-electron chi connectivity index (χ1n) is 5.61.